The molecule has 0 bridgehead atoms. The van der Waals surface area contributed by atoms with Gasteiger partial charge in [-0.05, 0) is 31.9 Å². The van der Waals surface area contributed by atoms with Gasteiger partial charge in [-0.15, -0.1) is 11.3 Å². The van der Waals surface area contributed by atoms with Crippen LogP contribution in [0, 0.1) is 12.8 Å². The highest BCUT2D eigenvalue weighted by atomic mass is 32.1. The molecule has 1 aromatic rings. The molecule has 0 aliphatic heterocycles. The van der Waals surface area contributed by atoms with Gasteiger partial charge >= 0.3 is 0 Å². The van der Waals surface area contributed by atoms with Crippen LogP contribution in [0.15, 0.2) is 12.1 Å². The van der Waals surface area contributed by atoms with Crippen LogP contribution in [0.25, 0.3) is 0 Å². The van der Waals surface area contributed by atoms with Crippen LogP contribution in [0.4, 0.5) is 0 Å². The Hall–Kier alpha value is -1.40. The summed E-state index contributed by atoms with van der Waals surface area (Å²) < 4.78 is 0. The molecule has 0 fully saturated rings. The molecule has 1 unspecified atom stereocenters. The number of nitrogens with zero attached hydrogens (tertiary/aromatic N) is 1. The molecule has 0 aromatic carbocycles. The number of nitrogens with two attached hydrogens (primary N) is 1. The lowest BCUT2D eigenvalue weighted by atomic mass is 10.1. The number of nitrogens with one attached hydrogen (secondary N) is 1. The van der Waals surface area contributed by atoms with Gasteiger partial charge in [0.1, 0.15) is 0 Å². The van der Waals surface area contributed by atoms with Crippen LogP contribution in [0.5, 0.6) is 0 Å². The predicted molar refractivity (Wildman–Crippen MR) is 86.1 cm³/mol. The molecular formula is C15H25N3O2S. The van der Waals surface area contributed by atoms with E-state index in [1.807, 2.05) is 39.8 Å². The van der Waals surface area contributed by atoms with Gasteiger partial charge in [0.2, 0.25) is 11.8 Å². The number of thiophene rings is 1. The monoisotopic (exact) mass is 311 g/mol. The topological polar surface area (TPSA) is 75.4 Å². The quantitative estimate of drug-likeness (QED) is 0.839. The van der Waals surface area contributed by atoms with Crippen LogP contribution < -0.4 is 11.1 Å². The zero-order valence-electron chi connectivity index (χ0n) is 13.3. The number of likely N-dealkylation sites (N-methyl/N-ethyl adjacent to an activating group) is 1. The van der Waals surface area contributed by atoms with Gasteiger partial charge in [-0.1, -0.05) is 13.8 Å². The predicted octanol–water partition coefficient (Wildman–Crippen LogP) is 1.68. The summed E-state index contributed by atoms with van der Waals surface area (Å²) in [7, 11) is 1.75. The van der Waals surface area contributed by atoms with E-state index in [0.29, 0.717) is 0 Å². The number of rotatable bonds is 6. The SMILES string of the molecule is Cc1ccc(C(C)N(C)C(=O)CNC(=O)[C@@H](N)C(C)C)s1. The van der Waals surface area contributed by atoms with Crippen LogP contribution in [-0.2, 0) is 9.59 Å². The largest absolute Gasteiger partial charge is 0.346 e. The van der Waals surface area contributed by atoms with E-state index in [1.165, 1.54) is 4.88 Å². The van der Waals surface area contributed by atoms with Gasteiger partial charge in [0, 0.05) is 16.8 Å². The van der Waals surface area contributed by atoms with Crippen molar-refractivity contribution in [3.8, 4) is 0 Å². The first kappa shape index (κ1) is 17.7. The third-order valence-corrected chi connectivity index (χ3v) is 4.75. The Morgan fingerprint density at radius 2 is 1.95 bits per heavy atom. The first-order valence-electron chi connectivity index (χ1n) is 7.09. The number of hydrogen-bond acceptors (Lipinski definition) is 4. The lowest BCUT2D eigenvalue weighted by Gasteiger charge is -2.25. The van der Waals surface area contributed by atoms with Gasteiger partial charge in [-0.3, -0.25) is 9.59 Å². The number of carbonyl (C=O) groups is 2. The Balaban J connectivity index is 2.53. The molecule has 1 aromatic heterocycles. The van der Waals surface area contributed by atoms with E-state index in [0.717, 1.165) is 4.88 Å². The maximum absolute atomic E-state index is 12.1. The van der Waals surface area contributed by atoms with Crippen LogP contribution in [0.3, 0.4) is 0 Å². The molecule has 0 saturated heterocycles. The minimum absolute atomic E-state index is 0.00752. The van der Waals surface area contributed by atoms with Crippen molar-refractivity contribution in [3.05, 3.63) is 21.9 Å². The second-order valence-electron chi connectivity index (χ2n) is 5.62. The van der Waals surface area contributed by atoms with Crippen molar-refractivity contribution >= 4 is 23.2 Å². The van der Waals surface area contributed by atoms with Crippen LogP contribution >= 0.6 is 11.3 Å². The molecule has 0 radical (unpaired) electrons. The number of aryl methyl sites for hydroxylation is 1. The minimum atomic E-state index is -0.583. The van der Waals surface area contributed by atoms with Crippen LogP contribution in [0.2, 0.25) is 0 Å². The van der Waals surface area contributed by atoms with Crippen molar-refractivity contribution in [2.75, 3.05) is 13.6 Å². The van der Waals surface area contributed by atoms with E-state index < -0.39 is 6.04 Å². The van der Waals surface area contributed by atoms with Gasteiger partial charge in [0.25, 0.3) is 0 Å². The molecule has 6 heteroatoms. The second-order valence-corrected chi connectivity index (χ2v) is 6.94. The van der Waals surface area contributed by atoms with E-state index in [2.05, 4.69) is 5.32 Å². The molecule has 2 amide bonds. The molecule has 0 spiro atoms. The van der Waals surface area contributed by atoms with E-state index in [4.69, 9.17) is 5.73 Å². The summed E-state index contributed by atoms with van der Waals surface area (Å²) >= 11 is 1.67. The molecule has 118 valence electrons. The summed E-state index contributed by atoms with van der Waals surface area (Å²) in [6.07, 6.45) is 0. The summed E-state index contributed by atoms with van der Waals surface area (Å²) in [5.41, 5.74) is 5.74. The lowest BCUT2D eigenvalue weighted by molar-refractivity contribution is -0.133. The van der Waals surface area contributed by atoms with Gasteiger partial charge in [-0.2, -0.15) is 0 Å². The van der Waals surface area contributed by atoms with E-state index >= 15 is 0 Å². The van der Waals surface area contributed by atoms with Crippen molar-refractivity contribution in [3.63, 3.8) is 0 Å². The third-order valence-electron chi connectivity index (χ3n) is 3.58. The smallest absolute Gasteiger partial charge is 0.242 e. The fourth-order valence-corrected chi connectivity index (χ4v) is 2.77. The Morgan fingerprint density at radius 3 is 2.43 bits per heavy atom. The Kier molecular flexibility index (Phi) is 6.36. The van der Waals surface area contributed by atoms with Crippen molar-refractivity contribution in [2.24, 2.45) is 11.7 Å². The zero-order chi connectivity index (χ0) is 16.2. The molecular weight excluding hydrogens is 286 g/mol. The standard InChI is InChI=1S/C15H25N3O2S/c1-9(2)14(16)15(20)17-8-13(19)18(5)11(4)12-7-6-10(3)21-12/h6-7,9,11,14H,8,16H2,1-5H3,(H,17,20)/t11?,14-/m0/s1. The normalized spacial score (nSPS) is 13.9. The summed E-state index contributed by atoms with van der Waals surface area (Å²) in [5, 5.41) is 2.60. The Bertz CT molecular complexity index is 499. The zero-order valence-corrected chi connectivity index (χ0v) is 14.2. The van der Waals surface area contributed by atoms with Gasteiger partial charge in [0.15, 0.2) is 0 Å². The molecule has 0 saturated carbocycles. The number of hydrogen-bond donors (Lipinski definition) is 2. The number of amides is 2. The van der Waals surface area contributed by atoms with E-state index in [9.17, 15) is 9.59 Å². The molecule has 1 heterocycles. The lowest BCUT2D eigenvalue weighted by Crippen LogP contribution is -2.47. The van der Waals surface area contributed by atoms with E-state index in [-0.39, 0.29) is 30.3 Å². The average molecular weight is 311 g/mol. The van der Waals surface area contributed by atoms with Crippen molar-refractivity contribution in [1.29, 1.82) is 0 Å². The van der Waals surface area contributed by atoms with Crippen molar-refractivity contribution in [2.45, 2.75) is 39.8 Å². The summed E-state index contributed by atoms with van der Waals surface area (Å²) in [6.45, 7) is 7.74. The molecule has 5 nitrogen and oxygen atoms in total. The molecule has 0 aliphatic carbocycles. The Morgan fingerprint density at radius 1 is 1.33 bits per heavy atom. The highest BCUT2D eigenvalue weighted by Crippen LogP contribution is 2.26. The van der Waals surface area contributed by atoms with Crippen LogP contribution in [-0.4, -0.2) is 36.3 Å². The highest BCUT2D eigenvalue weighted by molar-refractivity contribution is 7.12. The first-order chi connectivity index (χ1) is 9.73. The fourth-order valence-electron chi connectivity index (χ4n) is 1.79. The molecule has 21 heavy (non-hydrogen) atoms. The fraction of sp³-hybridized carbons (Fsp3) is 0.600. The third kappa shape index (κ3) is 4.82. The maximum Gasteiger partial charge on any atom is 0.242 e. The first-order valence-corrected chi connectivity index (χ1v) is 7.91. The van der Waals surface area contributed by atoms with E-state index in [1.54, 1.807) is 23.3 Å². The molecule has 2 atom stereocenters. The van der Waals surface area contributed by atoms with Crippen molar-refractivity contribution < 1.29 is 9.59 Å². The van der Waals surface area contributed by atoms with Crippen molar-refractivity contribution in [1.82, 2.24) is 10.2 Å². The van der Waals surface area contributed by atoms with Gasteiger partial charge in [0.05, 0.1) is 18.6 Å². The molecule has 3 N–H and O–H groups in total. The summed E-state index contributed by atoms with van der Waals surface area (Å²) in [4.78, 5) is 27.9. The van der Waals surface area contributed by atoms with Crippen LogP contribution in [0.1, 0.15) is 36.6 Å². The minimum Gasteiger partial charge on any atom is -0.346 e. The molecule has 1 rings (SSSR count). The summed E-state index contributed by atoms with van der Waals surface area (Å²) in [6, 6.07) is 3.48. The molecule has 0 aliphatic rings. The summed E-state index contributed by atoms with van der Waals surface area (Å²) in [5.74, 6) is -0.366. The average Bonchev–Trinajstić information content (AvgIpc) is 2.88. The van der Waals surface area contributed by atoms with Gasteiger partial charge in [-0.25, -0.2) is 0 Å². The van der Waals surface area contributed by atoms with Gasteiger partial charge < -0.3 is 16.0 Å². The number of carbonyl (C=O) groups excluding carboxylic acids is 2. The second kappa shape index (κ2) is 7.56. The Labute approximate surface area is 130 Å². The maximum atomic E-state index is 12.1. The highest BCUT2D eigenvalue weighted by Gasteiger charge is 2.21.